The van der Waals surface area contributed by atoms with Crippen LogP contribution in [0.5, 0.6) is 0 Å². The Balaban J connectivity index is 1.83. The van der Waals surface area contributed by atoms with Crippen molar-refractivity contribution >= 4 is 22.6 Å². The summed E-state index contributed by atoms with van der Waals surface area (Å²) in [6.45, 7) is 2.11. The predicted octanol–water partition coefficient (Wildman–Crippen LogP) is 5.14. The van der Waals surface area contributed by atoms with Crippen LogP contribution in [0.2, 0.25) is 0 Å². The molecule has 0 heterocycles. The Morgan fingerprint density at radius 1 is 1.19 bits per heavy atom. The quantitative estimate of drug-likeness (QED) is 0.717. The van der Waals surface area contributed by atoms with Crippen molar-refractivity contribution in [1.82, 2.24) is 0 Å². The summed E-state index contributed by atoms with van der Waals surface area (Å²) in [4.78, 5) is 0. The molecule has 2 aromatic carbocycles. The summed E-state index contributed by atoms with van der Waals surface area (Å²) in [6.07, 6.45) is 4.07. The molecule has 21 heavy (non-hydrogen) atoms. The van der Waals surface area contributed by atoms with Crippen LogP contribution in [0.3, 0.4) is 0 Å². The van der Waals surface area contributed by atoms with Gasteiger partial charge in [-0.05, 0) is 83.4 Å². The van der Waals surface area contributed by atoms with E-state index in [1.807, 2.05) is 6.07 Å². The second-order valence-electron chi connectivity index (χ2n) is 6.02. The summed E-state index contributed by atoms with van der Waals surface area (Å²) in [7, 11) is 0. The van der Waals surface area contributed by atoms with E-state index < -0.39 is 0 Å². The highest BCUT2D eigenvalue weighted by Crippen LogP contribution is 2.38. The second kappa shape index (κ2) is 6.49. The number of aliphatic hydroxyl groups is 1. The lowest BCUT2D eigenvalue weighted by Gasteiger charge is -2.27. The number of aryl methyl sites for hydroxylation is 2. The molecule has 0 radical (unpaired) electrons. The lowest BCUT2D eigenvalue weighted by atomic mass is 9.79. The summed E-state index contributed by atoms with van der Waals surface area (Å²) in [5, 5.41) is 10.7. The lowest BCUT2D eigenvalue weighted by Crippen LogP contribution is -2.13. The van der Waals surface area contributed by atoms with Crippen LogP contribution in [0.4, 0.5) is 0 Å². The highest BCUT2D eigenvalue weighted by molar-refractivity contribution is 14.1. The maximum Gasteiger partial charge on any atom is 0.0806 e. The zero-order chi connectivity index (χ0) is 14.8. The number of hydrogen-bond acceptors (Lipinski definition) is 1. The molecule has 2 unspecified atom stereocenters. The van der Waals surface area contributed by atoms with Crippen molar-refractivity contribution in [2.45, 2.75) is 44.6 Å². The van der Waals surface area contributed by atoms with Gasteiger partial charge in [0.1, 0.15) is 0 Å². The first-order valence-electron chi connectivity index (χ1n) is 7.67. The molecule has 1 aliphatic carbocycles. The normalized spacial score (nSPS) is 19.1. The molecule has 0 saturated heterocycles. The fraction of sp³-hybridized carbons (Fsp3) is 0.368. The number of aliphatic hydroxyl groups excluding tert-OH is 1. The number of halogens is 1. The van der Waals surface area contributed by atoms with Gasteiger partial charge >= 0.3 is 0 Å². The Hall–Kier alpha value is -0.870. The molecule has 0 spiro atoms. The van der Waals surface area contributed by atoms with E-state index >= 15 is 0 Å². The SMILES string of the molecule is Cc1cccc(C(O)CC2CCCc3ccccc32)c1I. The van der Waals surface area contributed by atoms with Crippen molar-refractivity contribution in [2.75, 3.05) is 0 Å². The van der Waals surface area contributed by atoms with E-state index in [0.717, 1.165) is 12.0 Å². The van der Waals surface area contributed by atoms with Gasteiger partial charge < -0.3 is 5.11 Å². The second-order valence-corrected chi connectivity index (χ2v) is 7.10. The van der Waals surface area contributed by atoms with Gasteiger partial charge in [0, 0.05) is 3.57 Å². The van der Waals surface area contributed by atoms with Crippen LogP contribution in [0.1, 0.15) is 53.5 Å². The molecule has 1 N–H and O–H groups in total. The number of fused-ring (bicyclic) bond motifs is 1. The number of benzene rings is 2. The minimum Gasteiger partial charge on any atom is -0.388 e. The fourth-order valence-corrected chi connectivity index (χ4v) is 4.14. The average Bonchev–Trinajstić information content (AvgIpc) is 2.50. The van der Waals surface area contributed by atoms with Gasteiger partial charge in [0.2, 0.25) is 0 Å². The molecule has 110 valence electrons. The lowest BCUT2D eigenvalue weighted by molar-refractivity contribution is 0.153. The van der Waals surface area contributed by atoms with E-state index in [2.05, 4.69) is 65.9 Å². The third kappa shape index (κ3) is 3.16. The summed E-state index contributed by atoms with van der Waals surface area (Å²) in [5.74, 6) is 0.487. The van der Waals surface area contributed by atoms with Crippen LogP contribution >= 0.6 is 22.6 Å². The Morgan fingerprint density at radius 2 is 2.00 bits per heavy atom. The molecule has 2 heteroatoms. The fourth-order valence-electron chi connectivity index (χ4n) is 3.42. The van der Waals surface area contributed by atoms with Gasteiger partial charge in [0.15, 0.2) is 0 Å². The molecule has 1 aliphatic rings. The molecular formula is C19H21IO. The number of hydrogen-bond donors (Lipinski definition) is 1. The van der Waals surface area contributed by atoms with Crippen LogP contribution < -0.4 is 0 Å². The molecule has 0 saturated carbocycles. The molecule has 3 rings (SSSR count). The molecule has 0 fully saturated rings. The molecule has 2 aromatic rings. The largest absolute Gasteiger partial charge is 0.388 e. The van der Waals surface area contributed by atoms with E-state index in [1.54, 1.807) is 0 Å². The molecule has 0 aliphatic heterocycles. The van der Waals surface area contributed by atoms with E-state index in [1.165, 1.54) is 39.5 Å². The van der Waals surface area contributed by atoms with Crippen molar-refractivity contribution in [3.8, 4) is 0 Å². The molecule has 1 nitrogen and oxygen atoms in total. The first-order valence-corrected chi connectivity index (χ1v) is 8.75. The summed E-state index contributed by atoms with van der Waals surface area (Å²) >= 11 is 2.35. The van der Waals surface area contributed by atoms with E-state index in [0.29, 0.717) is 5.92 Å². The summed E-state index contributed by atoms with van der Waals surface area (Å²) < 4.78 is 1.20. The van der Waals surface area contributed by atoms with Crippen LogP contribution in [0.25, 0.3) is 0 Å². The third-order valence-electron chi connectivity index (χ3n) is 4.58. The van der Waals surface area contributed by atoms with Gasteiger partial charge in [-0.15, -0.1) is 0 Å². The van der Waals surface area contributed by atoms with Gasteiger partial charge in [-0.1, -0.05) is 42.5 Å². The van der Waals surface area contributed by atoms with Gasteiger partial charge in [0.05, 0.1) is 6.10 Å². The van der Waals surface area contributed by atoms with Crippen molar-refractivity contribution in [2.24, 2.45) is 0 Å². The van der Waals surface area contributed by atoms with Crippen molar-refractivity contribution in [3.63, 3.8) is 0 Å². The zero-order valence-electron chi connectivity index (χ0n) is 12.3. The van der Waals surface area contributed by atoms with Crippen LogP contribution in [-0.2, 0) is 6.42 Å². The minimum atomic E-state index is -0.368. The maximum absolute atomic E-state index is 10.7. The van der Waals surface area contributed by atoms with E-state index in [-0.39, 0.29) is 6.10 Å². The molecule has 0 aromatic heterocycles. The van der Waals surface area contributed by atoms with E-state index in [9.17, 15) is 5.11 Å². The van der Waals surface area contributed by atoms with Gasteiger partial charge in [-0.25, -0.2) is 0 Å². The number of rotatable bonds is 3. The van der Waals surface area contributed by atoms with Gasteiger partial charge in [-0.3, -0.25) is 0 Å². The zero-order valence-corrected chi connectivity index (χ0v) is 14.5. The molecule has 0 amide bonds. The Labute approximate surface area is 140 Å². The van der Waals surface area contributed by atoms with Gasteiger partial charge in [0.25, 0.3) is 0 Å². The average molecular weight is 392 g/mol. The van der Waals surface area contributed by atoms with Crippen molar-refractivity contribution in [3.05, 3.63) is 68.3 Å². The third-order valence-corrected chi connectivity index (χ3v) is 6.06. The monoisotopic (exact) mass is 392 g/mol. The smallest absolute Gasteiger partial charge is 0.0806 e. The minimum absolute atomic E-state index is 0.368. The molecule has 2 atom stereocenters. The summed E-state index contributed by atoms with van der Waals surface area (Å²) in [6, 6.07) is 14.9. The summed E-state index contributed by atoms with van der Waals surface area (Å²) in [5.41, 5.74) is 5.25. The van der Waals surface area contributed by atoms with Crippen molar-refractivity contribution in [1.29, 1.82) is 0 Å². The first kappa shape index (κ1) is 15.0. The highest BCUT2D eigenvalue weighted by Gasteiger charge is 2.24. The molecular weight excluding hydrogens is 371 g/mol. The maximum atomic E-state index is 10.7. The van der Waals surface area contributed by atoms with Crippen LogP contribution in [0, 0.1) is 10.5 Å². The first-order chi connectivity index (χ1) is 10.2. The molecule has 0 bridgehead atoms. The predicted molar refractivity (Wildman–Crippen MR) is 95.6 cm³/mol. The Morgan fingerprint density at radius 3 is 2.86 bits per heavy atom. The van der Waals surface area contributed by atoms with Crippen LogP contribution in [-0.4, -0.2) is 5.11 Å². The van der Waals surface area contributed by atoms with Crippen LogP contribution in [0.15, 0.2) is 42.5 Å². The Bertz CT molecular complexity index is 635. The van der Waals surface area contributed by atoms with E-state index in [4.69, 9.17) is 0 Å². The van der Waals surface area contributed by atoms with Gasteiger partial charge in [-0.2, -0.15) is 0 Å². The Kier molecular flexibility index (Phi) is 4.65. The topological polar surface area (TPSA) is 20.2 Å². The highest BCUT2D eigenvalue weighted by atomic mass is 127. The van der Waals surface area contributed by atoms with Crippen molar-refractivity contribution < 1.29 is 5.11 Å². The standard InChI is InChI=1S/C19H21IO/c1-13-6-4-11-17(19(13)20)18(21)12-15-9-5-8-14-7-2-3-10-16(14)15/h2-4,6-7,10-11,15,18,21H,5,8-9,12H2,1H3.